The van der Waals surface area contributed by atoms with Crippen LogP contribution >= 0.6 is 11.8 Å². The quantitative estimate of drug-likeness (QED) is 0.777. The first-order valence-corrected chi connectivity index (χ1v) is 7.90. The molecule has 3 atom stereocenters. The highest BCUT2D eigenvalue weighted by molar-refractivity contribution is 8.00. The zero-order valence-corrected chi connectivity index (χ0v) is 11.8. The Bertz CT molecular complexity index is 264. The minimum atomic E-state index is 0.0789. The summed E-state index contributed by atoms with van der Waals surface area (Å²) in [4.78, 5) is 14.6. The summed E-state index contributed by atoms with van der Waals surface area (Å²) < 4.78 is 0. The van der Waals surface area contributed by atoms with Crippen molar-refractivity contribution in [1.82, 2.24) is 10.2 Å². The van der Waals surface area contributed by atoms with Crippen molar-refractivity contribution in [3.8, 4) is 0 Å². The fourth-order valence-electron chi connectivity index (χ4n) is 2.68. The predicted octanol–water partition coefficient (Wildman–Crippen LogP) is 1.87. The van der Waals surface area contributed by atoms with Crippen LogP contribution in [0, 0.1) is 0 Å². The monoisotopic (exact) mass is 256 g/mol. The third kappa shape index (κ3) is 3.16. The van der Waals surface area contributed by atoms with Crippen LogP contribution in [0.3, 0.4) is 0 Å². The summed E-state index contributed by atoms with van der Waals surface area (Å²) >= 11 is 1.98. The molecule has 2 fully saturated rings. The molecule has 3 nitrogen and oxygen atoms in total. The summed E-state index contributed by atoms with van der Waals surface area (Å²) in [5.74, 6) is 1.43. The van der Waals surface area contributed by atoms with E-state index in [1.165, 1.54) is 19.3 Å². The molecule has 2 saturated heterocycles. The molecule has 98 valence electrons. The molecule has 0 aliphatic carbocycles. The van der Waals surface area contributed by atoms with Gasteiger partial charge in [0, 0.05) is 23.6 Å². The maximum absolute atomic E-state index is 12.5. The Kier molecular flexibility index (Phi) is 4.74. The van der Waals surface area contributed by atoms with Crippen LogP contribution in [-0.4, -0.2) is 47.0 Å². The van der Waals surface area contributed by atoms with E-state index in [0.29, 0.717) is 17.2 Å². The van der Waals surface area contributed by atoms with Gasteiger partial charge in [0.25, 0.3) is 0 Å². The molecule has 1 amide bonds. The maximum atomic E-state index is 12.5. The van der Waals surface area contributed by atoms with Gasteiger partial charge in [-0.3, -0.25) is 4.79 Å². The molecule has 1 N–H and O–H groups in total. The lowest BCUT2D eigenvalue weighted by Crippen LogP contribution is -2.54. The zero-order chi connectivity index (χ0) is 12.3. The third-order valence-corrected chi connectivity index (χ3v) is 5.36. The summed E-state index contributed by atoms with van der Waals surface area (Å²) in [6, 6.07) is 0.460. The van der Waals surface area contributed by atoms with Crippen molar-refractivity contribution in [1.29, 1.82) is 0 Å². The Morgan fingerprint density at radius 3 is 2.94 bits per heavy atom. The van der Waals surface area contributed by atoms with Crippen molar-refractivity contribution in [2.45, 2.75) is 56.9 Å². The molecule has 0 bridgehead atoms. The van der Waals surface area contributed by atoms with Gasteiger partial charge < -0.3 is 10.2 Å². The smallest absolute Gasteiger partial charge is 0.240 e. The number of nitrogens with one attached hydrogen (secondary N) is 1. The number of hydrogen-bond acceptors (Lipinski definition) is 3. The topological polar surface area (TPSA) is 32.3 Å². The first-order chi connectivity index (χ1) is 8.20. The SMILES string of the molecule is CC1SCCN(C(=O)C2CCCCCN2)C1C. The summed E-state index contributed by atoms with van der Waals surface area (Å²) in [6.45, 7) is 6.34. The number of thioether (sulfide) groups is 1. The molecule has 0 radical (unpaired) electrons. The van der Waals surface area contributed by atoms with Crippen LogP contribution < -0.4 is 5.32 Å². The Labute approximate surface area is 109 Å². The molecule has 2 aliphatic heterocycles. The summed E-state index contributed by atoms with van der Waals surface area (Å²) in [7, 11) is 0. The van der Waals surface area contributed by atoms with Crippen LogP contribution in [0.4, 0.5) is 0 Å². The number of carbonyl (C=O) groups excluding carboxylic acids is 1. The van der Waals surface area contributed by atoms with Crippen LogP contribution in [0.5, 0.6) is 0 Å². The molecule has 0 saturated carbocycles. The number of amides is 1. The maximum Gasteiger partial charge on any atom is 0.240 e. The van der Waals surface area contributed by atoms with E-state index < -0.39 is 0 Å². The van der Waals surface area contributed by atoms with Crippen LogP contribution in [0.2, 0.25) is 0 Å². The average molecular weight is 256 g/mol. The molecule has 4 heteroatoms. The number of nitrogens with zero attached hydrogens (tertiary/aromatic N) is 1. The summed E-state index contributed by atoms with van der Waals surface area (Å²) in [6.07, 6.45) is 4.68. The van der Waals surface area contributed by atoms with Gasteiger partial charge in [0.1, 0.15) is 0 Å². The van der Waals surface area contributed by atoms with Gasteiger partial charge in [-0.1, -0.05) is 19.8 Å². The Hall–Kier alpha value is -0.220. The van der Waals surface area contributed by atoms with Gasteiger partial charge in [-0.2, -0.15) is 11.8 Å². The minimum Gasteiger partial charge on any atom is -0.337 e. The Morgan fingerprint density at radius 1 is 1.29 bits per heavy atom. The van der Waals surface area contributed by atoms with Crippen LogP contribution in [0.15, 0.2) is 0 Å². The second-order valence-corrected chi connectivity index (χ2v) is 6.69. The number of rotatable bonds is 1. The van der Waals surface area contributed by atoms with E-state index >= 15 is 0 Å². The van der Waals surface area contributed by atoms with Crippen molar-refractivity contribution < 1.29 is 4.79 Å². The largest absolute Gasteiger partial charge is 0.337 e. The van der Waals surface area contributed by atoms with Gasteiger partial charge in [0.15, 0.2) is 0 Å². The molecular formula is C13H24N2OS. The molecule has 17 heavy (non-hydrogen) atoms. The minimum absolute atomic E-state index is 0.0789. The van der Waals surface area contributed by atoms with E-state index in [9.17, 15) is 4.79 Å². The van der Waals surface area contributed by atoms with E-state index in [4.69, 9.17) is 0 Å². The number of carbonyl (C=O) groups is 1. The molecule has 0 spiro atoms. The Balaban J connectivity index is 1.97. The highest BCUT2D eigenvalue weighted by atomic mass is 32.2. The lowest BCUT2D eigenvalue weighted by molar-refractivity contribution is -0.135. The lowest BCUT2D eigenvalue weighted by Gasteiger charge is -2.39. The molecule has 0 aromatic rings. The normalized spacial score (nSPS) is 35.4. The second kappa shape index (κ2) is 6.10. The molecule has 0 aromatic heterocycles. The van der Waals surface area contributed by atoms with Crippen LogP contribution in [0.1, 0.15) is 39.5 Å². The van der Waals surface area contributed by atoms with Crippen LogP contribution in [0.25, 0.3) is 0 Å². The van der Waals surface area contributed by atoms with Crippen molar-refractivity contribution in [2.75, 3.05) is 18.8 Å². The van der Waals surface area contributed by atoms with Gasteiger partial charge in [0.05, 0.1) is 6.04 Å². The first-order valence-electron chi connectivity index (χ1n) is 6.85. The van der Waals surface area contributed by atoms with Crippen molar-refractivity contribution in [3.63, 3.8) is 0 Å². The fraction of sp³-hybridized carbons (Fsp3) is 0.923. The standard InChI is InChI=1S/C13H24N2OS/c1-10-11(2)17-9-8-15(10)13(16)12-6-4-3-5-7-14-12/h10-12,14H,3-9H2,1-2H3. The molecule has 2 rings (SSSR count). The lowest BCUT2D eigenvalue weighted by atomic mass is 10.1. The average Bonchev–Trinajstić information content (AvgIpc) is 2.60. The van der Waals surface area contributed by atoms with Crippen molar-refractivity contribution in [2.24, 2.45) is 0 Å². The predicted molar refractivity (Wildman–Crippen MR) is 73.4 cm³/mol. The third-order valence-electron chi connectivity index (χ3n) is 4.03. The van der Waals surface area contributed by atoms with Gasteiger partial charge >= 0.3 is 0 Å². The number of hydrogen-bond donors (Lipinski definition) is 1. The summed E-state index contributed by atoms with van der Waals surface area (Å²) in [5.41, 5.74) is 0. The zero-order valence-electron chi connectivity index (χ0n) is 10.9. The van der Waals surface area contributed by atoms with Gasteiger partial charge in [-0.25, -0.2) is 0 Å². The second-order valence-electron chi connectivity index (χ2n) is 5.20. The van der Waals surface area contributed by atoms with Crippen LogP contribution in [-0.2, 0) is 4.79 Å². The highest BCUT2D eigenvalue weighted by Crippen LogP contribution is 2.25. The summed E-state index contributed by atoms with van der Waals surface area (Å²) in [5, 5.41) is 3.98. The molecule has 0 aromatic carbocycles. The van der Waals surface area contributed by atoms with E-state index in [0.717, 1.165) is 25.3 Å². The van der Waals surface area contributed by atoms with E-state index in [1.807, 2.05) is 11.8 Å². The molecule has 2 aliphatic rings. The van der Waals surface area contributed by atoms with Gasteiger partial charge in [0.2, 0.25) is 5.91 Å². The van der Waals surface area contributed by atoms with Gasteiger partial charge in [-0.15, -0.1) is 0 Å². The molecule has 3 unspecified atom stereocenters. The van der Waals surface area contributed by atoms with E-state index in [2.05, 4.69) is 24.1 Å². The van der Waals surface area contributed by atoms with Gasteiger partial charge in [-0.05, 0) is 26.3 Å². The van der Waals surface area contributed by atoms with Crippen molar-refractivity contribution in [3.05, 3.63) is 0 Å². The fourth-order valence-corrected chi connectivity index (χ4v) is 3.78. The van der Waals surface area contributed by atoms with E-state index in [-0.39, 0.29) is 6.04 Å². The van der Waals surface area contributed by atoms with E-state index in [1.54, 1.807) is 0 Å². The highest BCUT2D eigenvalue weighted by Gasteiger charge is 2.32. The molecular weight excluding hydrogens is 232 g/mol. The molecule has 2 heterocycles. The first kappa shape index (κ1) is 13.2. The Morgan fingerprint density at radius 2 is 2.12 bits per heavy atom. The van der Waals surface area contributed by atoms with Crippen molar-refractivity contribution >= 4 is 17.7 Å².